The standard InChI is InChI=1S/C10H14N2O2.C2H6/c1-4-9(13)12-8-6-5-7(2)11-10(8)14-3;1-2/h5-6H,4H2,1-3H3,(H,12,13);1-2H3. The molecular formula is C12H20N2O2. The molecule has 0 atom stereocenters. The maximum Gasteiger partial charge on any atom is 0.237 e. The van der Waals surface area contributed by atoms with E-state index < -0.39 is 0 Å². The van der Waals surface area contributed by atoms with Crippen LogP contribution in [0.25, 0.3) is 0 Å². The smallest absolute Gasteiger partial charge is 0.237 e. The first-order chi connectivity index (χ1) is 7.67. The van der Waals surface area contributed by atoms with Crippen LogP contribution in [0.3, 0.4) is 0 Å². The van der Waals surface area contributed by atoms with Gasteiger partial charge in [0.25, 0.3) is 0 Å². The molecule has 0 radical (unpaired) electrons. The van der Waals surface area contributed by atoms with Crippen molar-refractivity contribution < 1.29 is 9.53 Å². The number of methoxy groups -OCH3 is 1. The van der Waals surface area contributed by atoms with Crippen LogP contribution in [0.2, 0.25) is 0 Å². The van der Waals surface area contributed by atoms with Gasteiger partial charge in [-0.1, -0.05) is 20.8 Å². The van der Waals surface area contributed by atoms with Crippen LogP contribution in [-0.2, 0) is 4.79 Å². The second-order valence-corrected chi connectivity index (χ2v) is 2.91. The third-order valence-electron chi connectivity index (χ3n) is 1.79. The molecule has 0 aliphatic rings. The highest BCUT2D eigenvalue weighted by molar-refractivity contribution is 5.91. The van der Waals surface area contributed by atoms with E-state index in [1.807, 2.05) is 26.8 Å². The summed E-state index contributed by atoms with van der Waals surface area (Å²) in [6, 6.07) is 3.61. The van der Waals surface area contributed by atoms with E-state index in [4.69, 9.17) is 4.74 Å². The molecule has 1 N–H and O–H groups in total. The molecule has 4 nitrogen and oxygen atoms in total. The van der Waals surface area contributed by atoms with Crippen molar-refractivity contribution in [1.29, 1.82) is 0 Å². The fourth-order valence-electron chi connectivity index (χ4n) is 1.02. The minimum absolute atomic E-state index is 0.0473. The molecule has 0 aliphatic carbocycles. The number of nitrogens with zero attached hydrogens (tertiary/aromatic N) is 1. The first-order valence-corrected chi connectivity index (χ1v) is 5.49. The van der Waals surface area contributed by atoms with Crippen LogP contribution in [0.15, 0.2) is 12.1 Å². The molecule has 90 valence electrons. The Balaban J connectivity index is 0.00000106. The lowest BCUT2D eigenvalue weighted by atomic mass is 10.3. The summed E-state index contributed by atoms with van der Waals surface area (Å²) in [5, 5.41) is 2.71. The molecule has 0 aliphatic heterocycles. The Labute approximate surface area is 97.0 Å². The van der Waals surface area contributed by atoms with Crippen LogP contribution >= 0.6 is 0 Å². The number of aromatic nitrogens is 1. The average Bonchev–Trinajstić information content (AvgIpc) is 2.33. The number of anilines is 1. The molecule has 4 heteroatoms. The monoisotopic (exact) mass is 224 g/mol. The number of ether oxygens (including phenoxy) is 1. The minimum Gasteiger partial charge on any atom is -0.480 e. The van der Waals surface area contributed by atoms with Gasteiger partial charge in [-0.25, -0.2) is 4.98 Å². The van der Waals surface area contributed by atoms with Crippen molar-refractivity contribution in [3.8, 4) is 5.88 Å². The maximum absolute atomic E-state index is 11.1. The number of nitrogens with one attached hydrogen (secondary N) is 1. The van der Waals surface area contributed by atoms with E-state index in [1.165, 1.54) is 7.11 Å². The second kappa shape index (κ2) is 7.68. The lowest BCUT2D eigenvalue weighted by Gasteiger charge is -2.08. The molecule has 1 amide bonds. The van der Waals surface area contributed by atoms with E-state index in [2.05, 4.69) is 10.3 Å². The fraction of sp³-hybridized carbons (Fsp3) is 0.500. The van der Waals surface area contributed by atoms with E-state index >= 15 is 0 Å². The summed E-state index contributed by atoms with van der Waals surface area (Å²) in [5.41, 5.74) is 1.47. The molecule has 0 saturated heterocycles. The van der Waals surface area contributed by atoms with Crippen LogP contribution in [0.5, 0.6) is 5.88 Å². The number of amides is 1. The van der Waals surface area contributed by atoms with Gasteiger partial charge >= 0.3 is 0 Å². The predicted molar refractivity (Wildman–Crippen MR) is 65.8 cm³/mol. The van der Waals surface area contributed by atoms with E-state index in [9.17, 15) is 4.79 Å². The van der Waals surface area contributed by atoms with E-state index in [-0.39, 0.29) is 5.91 Å². The van der Waals surface area contributed by atoms with Crippen LogP contribution in [-0.4, -0.2) is 18.0 Å². The van der Waals surface area contributed by atoms with Gasteiger partial charge in [0.05, 0.1) is 7.11 Å². The van der Waals surface area contributed by atoms with Gasteiger partial charge in [-0.3, -0.25) is 4.79 Å². The zero-order valence-electron chi connectivity index (χ0n) is 10.6. The van der Waals surface area contributed by atoms with Gasteiger partial charge in [0.2, 0.25) is 11.8 Å². The molecule has 1 aromatic rings. The summed E-state index contributed by atoms with van der Waals surface area (Å²) >= 11 is 0. The largest absolute Gasteiger partial charge is 0.480 e. The van der Waals surface area contributed by atoms with E-state index in [0.717, 1.165) is 5.69 Å². The highest BCUT2D eigenvalue weighted by Crippen LogP contribution is 2.21. The first kappa shape index (κ1) is 14.4. The van der Waals surface area contributed by atoms with Crippen LogP contribution in [0, 0.1) is 6.92 Å². The Morgan fingerprint density at radius 1 is 1.44 bits per heavy atom. The number of carbonyl (C=O) groups is 1. The summed E-state index contributed by atoms with van der Waals surface area (Å²) in [5.74, 6) is 0.403. The number of carbonyl (C=O) groups excluding carboxylic acids is 1. The van der Waals surface area contributed by atoms with Gasteiger partial charge in [0.1, 0.15) is 5.69 Å². The third kappa shape index (κ3) is 4.29. The molecule has 0 fully saturated rings. The lowest BCUT2D eigenvalue weighted by molar-refractivity contribution is -0.115. The number of aryl methyl sites for hydroxylation is 1. The topological polar surface area (TPSA) is 51.2 Å². The second-order valence-electron chi connectivity index (χ2n) is 2.91. The molecule has 0 spiro atoms. The Kier molecular flexibility index (Phi) is 6.92. The highest BCUT2D eigenvalue weighted by Gasteiger charge is 2.06. The van der Waals surface area contributed by atoms with Crippen molar-refractivity contribution in [2.75, 3.05) is 12.4 Å². The lowest BCUT2D eigenvalue weighted by Crippen LogP contribution is -2.11. The maximum atomic E-state index is 11.1. The number of hydrogen-bond acceptors (Lipinski definition) is 3. The van der Waals surface area contributed by atoms with Crippen molar-refractivity contribution in [2.24, 2.45) is 0 Å². The molecule has 0 unspecified atom stereocenters. The van der Waals surface area contributed by atoms with Crippen molar-refractivity contribution >= 4 is 11.6 Å². The van der Waals surface area contributed by atoms with Crippen molar-refractivity contribution in [3.63, 3.8) is 0 Å². The van der Waals surface area contributed by atoms with Crippen LogP contribution in [0.1, 0.15) is 32.9 Å². The molecular weight excluding hydrogens is 204 g/mol. The molecule has 1 aromatic heterocycles. The Bertz CT molecular complexity index is 338. The molecule has 0 saturated carbocycles. The first-order valence-electron chi connectivity index (χ1n) is 5.49. The van der Waals surface area contributed by atoms with Gasteiger partial charge in [-0.2, -0.15) is 0 Å². The zero-order chi connectivity index (χ0) is 12.6. The van der Waals surface area contributed by atoms with Gasteiger partial charge in [0.15, 0.2) is 0 Å². The molecule has 1 heterocycles. The van der Waals surface area contributed by atoms with Gasteiger partial charge in [-0.05, 0) is 19.1 Å². The quantitative estimate of drug-likeness (QED) is 0.858. The van der Waals surface area contributed by atoms with Crippen LogP contribution in [0.4, 0.5) is 5.69 Å². The molecule has 16 heavy (non-hydrogen) atoms. The molecule has 0 bridgehead atoms. The van der Waals surface area contributed by atoms with Gasteiger partial charge in [-0.15, -0.1) is 0 Å². The Morgan fingerprint density at radius 3 is 2.56 bits per heavy atom. The molecule has 1 rings (SSSR count). The Hall–Kier alpha value is -1.58. The minimum atomic E-state index is -0.0473. The third-order valence-corrected chi connectivity index (χ3v) is 1.79. The van der Waals surface area contributed by atoms with Gasteiger partial charge < -0.3 is 10.1 Å². The highest BCUT2D eigenvalue weighted by atomic mass is 16.5. The van der Waals surface area contributed by atoms with Crippen molar-refractivity contribution in [3.05, 3.63) is 17.8 Å². The zero-order valence-corrected chi connectivity index (χ0v) is 10.6. The SMILES string of the molecule is CC.CCC(=O)Nc1ccc(C)nc1OC. The summed E-state index contributed by atoms with van der Waals surface area (Å²) in [7, 11) is 1.53. The fourth-order valence-corrected chi connectivity index (χ4v) is 1.02. The van der Waals surface area contributed by atoms with E-state index in [1.54, 1.807) is 13.0 Å². The number of rotatable bonds is 3. The summed E-state index contributed by atoms with van der Waals surface area (Å²) in [6.07, 6.45) is 0.441. The van der Waals surface area contributed by atoms with Crippen molar-refractivity contribution in [1.82, 2.24) is 4.98 Å². The average molecular weight is 224 g/mol. The number of hydrogen-bond donors (Lipinski definition) is 1. The van der Waals surface area contributed by atoms with Gasteiger partial charge in [0, 0.05) is 12.1 Å². The molecule has 0 aromatic carbocycles. The predicted octanol–water partition coefficient (Wildman–Crippen LogP) is 2.77. The van der Waals surface area contributed by atoms with Crippen molar-refractivity contribution in [2.45, 2.75) is 34.1 Å². The summed E-state index contributed by atoms with van der Waals surface area (Å²) in [4.78, 5) is 15.3. The number of pyridine rings is 1. The summed E-state index contributed by atoms with van der Waals surface area (Å²) < 4.78 is 5.05. The van der Waals surface area contributed by atoms with E-state index in [0.29, 0.717) is 18.0 Å². The Morgan fingerprint density at radius 2 is 2.06 bits per heavy atom. The van der Waals surface area contributed by atoms with Crippen LogP contribution < -0.4 is 10.1 Å². The summed E-state index contributed by atoms with van der Waals surface area (Å²) in [6.45, 7) is 7.66. The normalized spacial score (nSPS) is 8.81.